The monoisotopic (exact) mass is 217 g/mol. The van der Waals surface area contributed by atoms with E-state index < -0.39 is 0 Å². The lowest BCUT2D eigenvalue weighted by molar-refractivity contribution is 0.227. The van der Waals surface area contributed by atoms with E-state index in [1.54, 1.807) is 0 Å². The SMILES string of the molecule is Cc1nc(N)nc2c1[C@H]1CC[C@@]2(C)C1(C)C. The van der Waals surface area contributed by atoms with E-state index in [1.165, 1.54) is 24.1 Å². The van der Waals surface area contributed by atoms with Crippen molar-refractivity contribution in [3.05, 3.63) is 17.0 Å². The van der Waals surface area contributed by atoms with Crippen LogP contribution in [0, 0.1) is 12.3 Å². The maximum Gasteiger partial charge on any atom is 0.220 e. The number of nitrogen functional groups attached to an aromatic ring is 1. The van der Waals surface area contributed by atoms with Gasteiger partial charge in [0.05, 0.1) is 5.69 Å². The van der Waals surface area contributed by atoms with Crippen LogP contribution in [0.3, 0.4) is 0 Å². The van der Waals surface area contributed by atoms with E-state index in [-0.39, 0.29) is 5.41 Å². The molecule has 2 aliphatic rings. The molecule has 2 atom stereocenters. The van der Waals surface area contributed by atoms with Crippen LogP contribution in [0.15, 0.2) is 0 Å². The van der Waals surface area contributed by atoms with Crippen LogP contribution in [0.5, 0.6) is 0 Å². The molecule has 0 aromatic carbocycles. The van der Waals surface area contributed by atoms with E-state index >= 15 is 0 Å². The molecule has 1 heterocycles. The molecule has 0 aliphatic heterocycles. The standard InChI is InChI=1S/C13H19N3/c1-7-9-8-5-6-13(4,12(8,2)3)10(9)16-11(14)15-7/h8H,5-6H2,1-4H3,(H2,14,15,16)/t8-,13-/m1/s1. The molecule has 1 fully saturated rings. The molecule has 1 aromatic rings. The summed E-state index contributed by atoms with van der Waals surface area (Å²) in [4.78, 5) is 8.86. The summed E-state index contributed by atoms with van der Waals surface area (Å²) in [5, 5.41) is 0. The second-order valence-corrected chi connectivity index (χ2v) is 6.07. The molecule has 16 heavy (non-hydrogen) atoms. The molecule has 0 radical (unpaired) electrons. The predicted molar refractivity (Wildman–Crippen MR) is 64.3 cm³/mol. The number of rotatable bonds is 0. The van der Waals surface area contributed by atoms with Gasteiger partial charge in [0.2, 0.25) is 5.95 Å². The number of aromatic nitrogens is 2. The second-order valence-electron chi connectivity index (χ2n) is 6.07. The molecule has 0 saturated heterocycles. The molecular weight excluding hydrogens is 198 g/mol. The van der Waals surface area contributed by atoms with Crippen molar-refractivity contribution in [3.8, 4) is 0 Å². The first-order valence-electron chi connectivity index (χ1n) is 6.02. The number of aryl methyl sites for hydroxylation is 1. The van der Waals surface area contributed by atoms with Crippen LogP contribution in [-0.4, -0.2) is 9.97 Å². The fraction of sp³-hybridized carbons (Fsp3) is 0.692. The number of nitrogens with zero attached hydrogens (tertiary/aromatic N) is 2. The predicted octanol–water partition coefficient (Wildman–Crippen LogP) is 2.54. The lowest BCUT2D eigenvalue weighted by atomic mass is 9.70. The summed E-state index contributed by atoms with van der Waals surface area (Å²) in [7, 11) is 0. The Morgan fingerprint density at radius 3 is 2.62 bits per heavy atom. The van der Waals surface area contributed by atoms with Crippen molar-refractivity contribution in [2.24, 2.45) is 5.41 Å². The Labute approximate surface area is 96.5 Å². The fourth-order valence-corrected chi connectivity index (χ4v) is 3.87. The van der Waals surface area contributed by atoms with Gasteiger partial charge in [-0.2, -0.15) is 0 Å². The molecule has 1 saturated carbocycles. The quantitative estimate of drug-likeness (QED) is 0.726. The molecule has 3 heteroatoms. The minimum absolute atomic E-state index is 0.189. The van der Waals surface area contributed by atoms with Gasteiger partial charge in [0, 0.05) is 11.1 Å². The number of fused-ring (bicyclic) bond motifs is 5. The molecule has 0 unspecified atom stereocenters. The largest absolute Gasteiger partial charge is 0.368 e. The molecule has 3 nitrogen and oxygen atoms in total. The number of anilines is 1. The summed E-state index contributed by atoms with van der Waals surface area (Å²) in [5.74, 6) is 1.05. The van der Waals surface area contributed by atoms with Gasteiger partial charge in [-0.1, -0.05) is 20.8 Å². The van der Waals surface area contributed by atoms with Crippen molar-refractivity contribution in [1.29, 1.82) is 0 Å². The van der Waals surface area contributed by atoms with Crippen LogP contribution in [0.2, 0.25) is 0 Å². The van der Waals surface area contributed by atoms with E-state index in [2.05, 4.69) is 37.7 Å². The van der Waals surface area contributed by atoms with Crippen molar-refractivity contribution in [3.63, 3.8) is 0 Å². The van der Waals surface area contributed by atoms with Crippen molar-refractivity contribution in [2.45, 2.75) is 51.9 Å². The molecule has 2 N–H and O–H groups in total. The Bertz CT molecular complexity index is 478. The maximum atomic E-state index is 5.79. The molecule has 0 spiro atoms. The average Bonchev–Trinajstić information content (AvgIpc) is 2.48. The maximum absolute atomic E-state index is 5.79. The van der Waals surface area contributed by atoms with Gasteiger partial charge < -0.3 is 5.73 Å². The van der Waals surface area contributed by atoms with Crippen LogP contribution in [0.4, 0.5) is 5.95 Å². The Morgan fingerprint density at radius 1 is 1.25 bits per heavy atom. The Balaban J connectivity index is 2.34. The van der Waals surface area contributed by atoms with E-state index in [4.69, 9.17) is 5.73 Å². The number of hydrogen-bond acceptors (Lipinski definition) is 3. The molecule has 3 rings (SSSR count). The summed E-state index contributed by atoms with van der Waals surface area (Å²) >= 11 is 0. The molecule has 1 aromatic heterocycles. The van der Waals surface area contributed by atoms with Gasteiger partial charge in [-0.3, -0.25) is 0 Å². The summed E-state index contributed by atoms with van der Waals surface area (Å²) in [6.45, 7) is 9.13. The smallest absolute Gasteiger partial charge is 0.220 e. The zero-order chi connectivity index (χ0) is 11.7. The topological polar surface area (TPSA) is 51.8 Å². The third-order valence-electron chi connectivity index (χ3n) is 5.25. The highest BCUT2D eigenvalue weighted by Gasteiger charge is 2.61. The highest BCUT2D eigenvalue weighted by Crippen LogP contribution is 2.67. The first kappa shape index (κ1) is 10.1. The van der Waals surface area contributed by atoms with E-state index in [1.807, 2.05) is 0 Å². The van der Waals surface area contributed by atoms with Crippen LogP contribution in [0.1, 0.15) is 56.5 Å². The molecule has 0 amide bonds. The zero-order valence-corrected chi connectivity index (χ0v) is 10.5. The van der Waals surface area contributed by atoms with Crippen LogP contribution < -0.4 is 5.73 Å². The van der Waals surface area contributed by atoms with E-state index in [0.29, 0.717) is 17.3 Å². The van der Waals surface area contributed by atoms with Gasteiger partial charge in [0.15, 0.2) is 0 Å². The van der Waals surface area contributed by atoms with Crippen LogP contribution in [-0.2, 0) is 5.41 Å². The van der Waals surface area contributed by atoms with Gasteiger partial charge >= 0.3 is 0 Å². The average molecular weight is 217 g/mol. The lowest BCUT2D eigenvalue weighted by Crippen LogP contribution is -2.32. The first-order valence-corrected chi connectivity index (χ1v) is 6.02. The van der Waals surface area contributed by atoms with Gasteiger partial charge in [0.1, 0.15) is 0 Å². The summed E-state index contributed by atoms with van der Waals surface area (Å²) in [6, 6.07) is 0. The van der Waals surface area contributed by atoms with Crippen molar-refractivity contribution in [1.82, 2.24) is 9.97 Å². The molecule has 2 aliphatic carbocycles. The van der Waals surface area contributed by atoms with Crippen LogP contribution in [0.25, 0.3) is 0 Å². The van der Waals surface area contributed by atoms with E-state index in [9.17, 15) is 0 Å². The summed E-state index contributed by atoms with van der Waals surface area (Å²) in [5.41, 5.74) is 9.96. The third kappa shape index (κ3) is 0.864. The second kappa shape index (κ2) is 2.58. The Morgan fingerprint density at radius 2 is 1.94 bits per heavy atom. The first-order chi connectivity index (χ1) is 7.38. The Hall–Kier alpha value is -1.12. The normalized spacial score (nSPS) is 34.1. The number of hydrogen-bond donors (Lipinski definition) is 1. The van der Waals surface area contributed by atoms with Crippen molar-refractivity contribution < 1.29 is 0 Å². The summed E-state index contributed by atoms with van der Waals surface area (Å²) < 4.78 is 0. The van der Waals surface area contributed by atoms with Gasteiger partial charge in [-0.05, 0) is 36.7 Å². The Kier molecular flexibility index (Phi) is 1.62. The third-order valence-corrected chi connectivity index (χ3v) is 5.25. The number of nitrogens with two attached hydrogens (primary N) is 1. The lowest BCUT2D eigenvalue weighted by Gasteiger charge is -2.34. The highest BCUT2D eigenvalue weighted by atomic mass is 15.0. The molecule has 86 valence electrons. The van der Waals surface area contributed by atoms with Gasteiger partial charge in [0.25, 0.3) is 0 Å². The minimum Gasteiger partial charge on any atom is -0.368 e. The molecule has 2 bridgehead atoms. The van der Waals surface area contributed by atoms with Crippen molar-refractivity contribution >= 4 is 5.95 Å². The van der Waals surface area contributed by atoms with Gasteiger partial charge in [-0.25, -0.2) is 9.97 Å². The zero-order valence-electron chi connectivity index (χ0n) is 10.5. The fourth-order valence-electron chi connectivity index (χ4n) is 3.87. The minimum atomic E-state index is 0.189. The van der Waals surface area contributed by atoms with Gasteiger partial charge in [-0.15, -0.1) is 0 Å². The van der Waals surface area contributed by atoms with Crippen molar-refractivity contribution in [2.75, 3.05) is 5.73 Å². The highest BCUT2D eigenvalue weighted by molar-refractivity contribution is 5.49. The van der Waals surface area contributed by atoms with Crippen LogP contribution >= 0.6 is 0 Å². The summed E-state index contributed by atoms with van der Waals surface area (Å²) in [6.07, 6.45) is 2.50. The molecular formula is C13H19N3. The van der Waals surface area contributed by atoms with E-state index in [0.717, 1.165) is 5.69 Å².